The molecule has 0 aromatic heterocycles. The van der Waals surface area contributed by atoms with Gasteiger partial charge >= 0.3 is 5.97 Å². The van der Waals surface area contributed by atoms with Gasteiger partial charge in [-0.1, -0.05) is 19.1 Å². The lowest BCUT2D eigenvalue weighted by molar-refractivity contribution is -0.137. The largest absolute Gasteiger partial charge is 0.481 e. The highest BCUT2D eigenvalue weighted by molar-refractivity contribution is 7.99. The van der Waals surface area contributed by atoms with Gasteiger partial charge in [-0.05, 0) is 36.7 Å². The molecule has 0 amide bonds. The molecule has 118 valence electrons. The van der Waals surface area contributed by atoms with E-state index in [0.29, 0.717) is 36.3 Å². The Balaban J connectivity index is 1.46. The molecule has 5 heteroatoms. The summed E-state index contributed by atoms with van der Waals surface area (Å²) in [5.74, 6) is 2.81. The predicted octanol–water partition coefficient (Wildman–Crippen LogP) is 2.72. The molecule has 0 unspecified atom stereocenters. The van der Waals surface area contributed by atoms with E-state index in [1.807, 2.05) is 11.8 Å². The number of allylic oxidation sites excluding steroid dienone is 2. The average Bonchev–Trinajstić information content (AvgIpc) is 3.09. The second kappa shape index (κ2) is 6.71. The number of carboxylic acid groups (broad SMARTS) is 1. The number of carboxylic acids is 1. The molecule has 1 N–H and O–H groups in total. The van der Waals surface area contributed by atoms with Crippen LogP contribution in [-0.4, -0.2) is 47.0 Å². The van der Waals surface area contributed by atoms with Gasteiger partial charge in [0.05, 0.1) is 12.2 Å². The summed E-state index contributed by atoms with van der Waals surface area (Å²) in [7, 11) is 0. The van der Waals surface area contributed by atoms with Gasteiger partial charge in [0, 0.05) is 12.3 Å². The number of thioether (sulfide) groups is 1. The van der Waals surface area contributed by atoms with Gasteiger partial charge in [0.25, 0.3) is 0 Å². The minimum absolute atomic E-state index is 0.259. The molecule has 0 radical (unpaired) electrons. The Morgan fingerprint density at radius 1 is 1.14 bits per heavy atom. The van der Waals surface area contributed by atoms with E-state index >= 15 is 0 Å². The first-order valence-electron chi connectivity index (χ1n) is 7.97. The Kier molecular flexibility index (Phi) is 4.92. The van der Waals surface area contributed by atoms with Crippen molar-refractivity contribution in [1.29, 1.82) is 0 Å². The summed E-state index contributed by atoms with van der Waals surface area (Å²) in [6.45, 7) is 2.20. The zero-order valence-electron chi connectivity index (χ0n) is 12.4. The van der Waals surface area contributed by atoms with Crippen LogP contribution in [0.2, 0.25) is 0 Å². The third-order valence-corrected chi connectivity index (χ3v) is 5.80. The summed E-state index contributed by atoms with van der Waals surface area (Å²) in [6.07, 6.45) is 8.59. The third kappa shape index (κ3) is 3.30. The van der Waals surface area contributed by atoms with Crippen LogP contribution in [0.25, 0.3) is 0 Å². The first-order chi connectivity index (χ1) is 10.2. The molecule has 3 fully saturated rings. The second-order valence-corrected chi connectivity index (χ2v) is 7.43. The van der Waals surface area contributed by atoms with Crippen LogP contribution in [0, 0.1) is 11.8 Å². The fourth-order valence-corrected chi connectivity index (χ4v) is 4.65. The number of hydrogen-bond acceptors (Lipinski definition) is 4. The van der Waals surface area contributed by atoms with Gasteiger partial charge in [-0.2, -0.15) is 11.8 Å². The lowest BCUT2D eigenvalue weighted by Crippen LogP contribution is -2.34. The predicted molar refractivity (Wildman–Crippen MR) is 82.5 cm³/mol. The normalized spacial score (nSPS) is 39.9. The smallest absolute Gasteiger partial charge is 0.303 e. The number of epoxide rings is 1. The number of hydrogen-bond donors (Lipinski definition) is 1. The standard InChI is InChI=1S/C16H24O4S/c1-2-21-9-11-10(7-5-3-4-6-8-12(17)18)13-15-16(20-15)14(11)19-13/h3,5,10-11,13-16H,2,4,6-9H2,1H3,(H,17,18)/t10-,11+,13+,14-,15-,16+/m0/s1. The van der Waals surface area contributed by atoms with Crippen LogP contribution in [0.5, 0.6) is 0 Å². The quantitative estimate of drug-likeness (QED) is 0.403. The first-order valence-corrected chi connectivity index (χ1v) is 9.13. The van der Waals surface area contributed by atoms with Crippen LogP contribution in [0.1, 0.15) is 32.6 Å². The van der Waals surface area contributed by atoms with Crippen molar-refractivity contribution in [3.63, 3.8) is 0 Å². The fourth-order valence-electron chi connectivity index (χ4n) is 3.70. The fraction of sp³-hybridized carbons (Fsp3) is 0.812. The lowest BCUT2D eigenvalue weighted by Gasteiger charge is -2.24. The Morgan fingerprint density at radius 2 is 1.86 bits per heavy atom. The summed E-state index contributed by atoms with van der Waals surface area (Å²) in [4.78, 5) is 10.5. The number of carbonyl (C=O) groups is 1. The topological polar surface area (TPSA) is 59.1 Å². The Hall–Kier alpha value is -0.520. The summed E-state index contributed by atoms with van der Waals surface area (Å²) in [5, 5.41) is 8.61. The molecule has 0 aliphatic carbocycles. The van der Waals surface area contributed by atoms with Gasteiger partial charge in [-0.3, -0.25) is 4.79 Å². The molecule has 0 saturated carbocycles. The van der Waals surface area contributed by atoms with Gasteiger partial charge in [0.2, 0.25) is 0 Å². The van der Waals surface area contributed by atoms with E-state index in [9.17, 15) is 4.79 Å². The van der Waals surface area contributed by atoms with Crippen LogP contribution in [-0.2, 0) is 14.3 Å². The van der Waals surface area contributed by atoms with Crippen molar-refractivity contribution in [2.24, 2.45) is 11.8 Å². The maximum absolute atomic E-state index is 10.5. The van der Waals surface area contributed by atoms with Crippen molar-refractivity contribution in [3.05, 3.63) is 12.2 Å². The molecule has 21 heavy (non-hydrogen) atoms. The maximum atomic E-state index is 10.5. The first kappa shape index (κ1) is 15.4. The van der Waals surface area contributed by atoms with Gasteiger partial charge in [-0.25, -0.2) is 0 Å². The van der Waals surface area contributed by atoms with Gasteiger partial charge in [0.15, 0.2) is 0 Å². The minimum Gasteiger partial charge on any atom is -0.481 e. The Labute approximate surface area is 130 Å². The molecule has 0 spiro atoms. The van der Waals surface area contributed by atoms with Gasteiger partial charge in [0.1, 0.15) is 12.2 Å². The van der Waals surface area contributed by atoms with Crippen LogP contribution >= 0.6 is 11.8 Å². The van der Waals surface area contributed by atoms with E-state index in [1.54, 1.807) is 0 Å². The van der Waals surface area contributed by atoms with Crippen LogP contribution in [0.4, 0.5) is 0 Å². The van der Waals surface area contributed by atoms with Gasteiger partial charge < -0.3 is 14.6 Å². The molecule has 3 aliphatic rings. The van der Waals surface area contributed by atoms with Crippen molar-refractivity contribution in [2.45, 2.75) is 57.0 Å². The Morgan fingerprint density at radius 3 is 2.57 bits per heavy atom. The number of rotatable bonds is 9. The van der Waals surface area contributed by atoms with Crippen LogP contribution in [0.3, 0.4) is 0 Å². The minimum atomic E-state index is -0.710. The molecule has 0 aromatic carbocycles. The SMILES string of the molecule is CCSC[C@@H]1[C@H](CC=CCCCC(=O)O)[C@H]2O[C@@H]1[C@H]1O[C@H]12. The lowest BCUT2D eigenvalue weighted by atomic mass is 9.78. The number of unbranched alkanes of at least 4 members (excludes halogenated alkanes) is 1. The van der Waals surface area contributed by atoms with Crippen molar-refractivity contribution in [2.75, 3.05) is 11.5 Å². The van der Waals surface area contributed by atoms with Gasteiger partial charge in [-0.15, -0.1) is 0 Å². The summed E-state index contributed by atoms with van der Waals surface area (Å²) < 4.78 is 11.8. The third-order valence-electron chi connectivity index (χ3n) is 4.77. The molecule has 6 atom stereocenters. The Bertz CT molecular complexity index is 411. The second-order valence-electron chi connectivity index (χ2n) is 6.11. The van der Waals surface area contributed by atoms with E-state index in [4.69, 9.17) is 14.6 Å². The van der Waals surface area contributed by atoms with E-state index in [1.165, 1.54) is 5.75 Å². The zero-order valence-corrected chi connectivity index (χ0v) is 13.3. The van der Waals surface area contributed by atoms with Crippen molar-refractivity contribution in [1.82, 2.24) is 0 Å². The molecule has 0 aromatic rings. The molecule has 4 nitrogen and oxygen atoms in total. The van der Waals surface area contributed by atoms with Crippen molar-refractivity contribution < 1.29 is 19.4 Å². The maximum Gasteiger partial charge on any atom is 0.303 e. The average molecular weight is 312 g/mol. The monoisotopic (exact) mass is 312 g/mol. The molecular formula is C16H24O4S. The number of ether oxygens (including phenoxy) is 2. The van der Waals surface area contributed by atoms with Crippen molar-refractivity contribution in [3.8, 4) is 0 Å². The zero-order chi connectivity index (χ0) is 14.8. The molecular weight excluding hydrogens is 288 g/mol. The van der Waals surface area contributed by atoms with E-state index < -0.39 is 5.97 Å². The highest BCUT2D eigenvalue weighted by Crippen LogP contribution is 2.55. The van der Waals surface area contributed by atoms with E-state index in [2.05, 4.69) is 19.1 Å². The number of fused-ring (bicyclic) bond motifs is 5. The molecule has 3 rings (SSSR count). The van der Waals surface area contributed by atoms with Crippen molar-refractivity contribution >= 4 is 17.7 Å². The molecule has 3 saturated heterocycles. The summed E-state index contributed by atoms with van der Waals surface area (Å²) in [5.41, 5.74) is 0. The molecule has 3 heterocycles. The molecule has 3 aliphatic heterocycles. The highest BCUT2D eigenvalue weighted by atomic mass is 32.2. The summed E-state index contributed by atoms with van der Waals surface area (Å²) in [6, 6.07) is 0. The number of aliphatic carboxylic acids is 1. The molecule has 2 bridgehead atoms. The van der Waals surface area contributed by atoms with E-state index in [0.717, 1.165) is 25.0 Å². The summed E-state index contributed by atoms with van der Waals surface area (Å²) >= 11 is 1.99. The van der Waals surface area contributed by atoms with Crippen LogP contribution in [0.15, 0.2) is 12.2 Å². The highest BCUT2D eigenvalue weighted by Gasteiger charge is 2.68. The van der Waals surface area contributed by atoms with Crippen LogP contribution < -0.4 is 0 Å². The van der Waals surface area contributed by atoms with E-state index in [-0.39, 0.29) is 6.42 Å².